The van der Waals surface area contributed by atoms with Crippen LogP contribution in [-0.2, 0) is 4.79 Å². The average Bonchev–Trinajstić information content (AvgIpc) is 2.63. The number of carbonyl (C=O) groups excluding carboxylic acids is 1. The molecule has 1 aromatic carbocycles. The summed E-state index contributed by atoms with van der Waals surface area (Å²) in [4.78, 5) is 12.2. The SMILES string of the molecule is C/C(=N/NC(=O)CCCOc1ccc(Cl)cc1Cl)C12CC3CC(CC(C3)C1)C2. The van der Waals surface area contributed by atoms with Gasteiger partial charge in [-0.15, -0.1) is 0 Å². The Hall–Kier alpha value is -1.26. The van der Waals surface area contributed by atoms with Crippen molar-refractivity contribution in [3.63, 3.8) is 0 Å². The molecule has 4 saturated carbocycles. The second kappa shape index (κ2) is 8.23. The van der Waals surface area contributed by atoms with E-state index in [-0.39, 0.29) is 11.3 Å². The van der Waals surface area contributed by atoms with E-state index >= 15 is 0 Å². The van der Waals surface area contributed by atoms with Crippen molar-refractivity contribution in [2.45, 2.75) is 58.3 Å². The Morgan fingerprint density at radius 3 is 2.43 bits per heavy atom. The van der Waals surface area contributed by atoms with E-state index in [1.165, 1.54) is 38.5 Å². The van der Waals surface area contributed by atoms with E-state index < -0.39 is 0 Å². The number of nitrogens with zero attached hydrogens (tertiary/aromatic N) is 1. The molecule has 4 bridgehead atoms. The van der Waals surface area contributed by atoms with E-state index in [1.54, 1.807) is 18.2 Å². The number of amides is 1. The predicted molar refractivity (Wildman–Crippen MR) is 113 cm³/mol. The Labute approximate surface area is 177 Å². The summed E-state index contributed by atoms with van der Waals surface area (Å²) >= 11 is 12.0. The molecule has 4 aliphatic rings. The third kappa shape index (κ3) is 4.33. The van der Waals surface area contributed by atoms with E-state index in [4.69, 9.17) is 27.9 Å². The zero-order valence-corrected chi connectivity index (χ0v) is 17.9. The monoisotopic (exact) mass is 422 g/mol. The summed E-state index contributed by atoms with van der Waals surface area (Å²) < 4.78 is 5.63. The molecule has 0 heterocycles. The highest BCUT2D eigenvalue weighted by Crippen LogP contribution is 2.60. The lowest BCUT2D eigenvalue weighted by atomic mass is 9.48. The number of benzene rings is 1. The molecule has 0 aromatic heterocycles. The summed E-state index contributed by atoms with van der Waals surface area (Å²) in [6.45, 7) is 2.53. The van der Waals surface area contributed by atoms with Crippen molar-refractivity contribution < 1.29 is 9.53 Å². The summed E-state index contributed by atoms with van der Waals surface area (Å²) in [6.07, 6.45) is 9.02. The average molecular weight is 423 g/mol. The van der Waals surface area contributed by atoms with E-state index in [0.717, 1.165) is 23.5 Å². The zero-order valence-electron chi connectivity index (χ0n) is 16.3. The lowest BCUT2D eigenvalue weighted by molar-refractivity contribution is -0.121. The number of rotatable bonds is 7. The highest BCUT2D eigenvalue weighted by molar-refractivity contribution is 6.35. The highest BCUT2D eigenvalue weighted by Gasteiger charge is 2.52. The van der Waals surface area contributed by atoms with Gasteiger partial charge in [-0.2, -0.15) is 5.10 Å². The van der Waals surface area contributed by atoms with Crippen LogP contribution in [0.2, 0.25) is 10.0 Å². The second-order valence-corrected chi connectivity index (χ2v) is 9.80. The maximum Gasteiger partial charge on any atom is 0.240 e. The van der Waals surface area contributed by atoms with Crippen molar-refractivity contribution in [3.8, 4) is 5.75 Å². The van der Waals surface area contributed by atoms with Crippen LogP contribution in [0.4, 0.5) is 0 Å². The van der Waals surface area contributed by atoms with Gasteiger partial charge in [-0.1, -0.05) is 23.2 Å². The van der Waals surface area contributed by atoms with Gasteiger partial charge < -0.3 is 4.74 Å². The van der Waals surface area contributed by atoms with Crippen LogP contribution >= 0.6 is 23.2 Å². The van der Waals surface area contributed by atoms with Crippen molar-refractivity contribution in [3.05, 3.63) is 28.2 Å². The molecular formula is C22H28Cl2N2O2. The first kappa shape index (κ1) is 20.0. The summed E-state index contributed by atoms with van der Waals surface area (Å²) in [5.41, 5.74) is 4.15. The van der Waals surface area contributed by atoms with Crippen molar-refractivity contribution in [2.75, 3.05) is 6.61 Å². The number of ether oxygens (including phenoxy) is 1. The smallest absolute Gasteiger partial charge is 0.240 e. The minimum absolute atomic E-state index is 0.0603. The Bertz CT molecular complexity index is 743. The van der Waals surface area contributed by atoms with Gasteiger partial charge in [0.15, 0.2) is 0 Å². The van der Waals surface area contributed by atoms with Crippen molar-refractivity contribution in [2.24, 2.45) is 28.3 Å². The Morgan fingerprint density at radius 1 is 1.18 bits per heavy atom. The van der Waals surface area contributed by atoms with E-state index in [0.29, 0.717) is 35.2 Å². The quantitative estimate of drug-likeness (QED) is 0.339. The summed E-state index contributed by atoms with van der Waals surface area (Å²) in [7, 11) is 0. The number of nitrogens with one attached hydrogen (secondary N) is 1. The fourth-order valence-corrected chi connectivity index (χ4v) is 6.34. The third-order valence-electron chi connectivity index (χ3n) is 6.85. The largest absolute Gasteiger partial charge is 0.492 e. The lowest BCUT2D eigenvalue weighted by Gasteiger charge is -2.56. The van der Waals surface area contributed by atoms with E-state index in [9.17, 15) is 4.79 Å². The molecule has 0 spiro atoms. The maximum atomic E-state index is 12.2. The molecule has 4 aliphatic carbocycles. The van der Waals surface area contributed by atoms with E-state index in [2.05, 4.69) is 17.5 Å². The molecule has 0 saturated heterocycles. The molecule has 1 amide bonds. The van der Waals surface area contributed by atoms with Crippen LogP contribution in [-0.4, -0.2) is 18.2 Å². The van der Waals surface area contributed by atoms with Gasteiger partial charge in [-0.25, -0.2) is 5.43 Å². The Morgan fingerprint density at radius 2 is 1.82 bits per heavy atom. The maximum absolute atomic E-state index is 12.2. The molecule has 0 unspecified atom stereocenters. The number of hydrogen-bond acceptors (Lipinski definition) is 3. The molecule has 1 N–H and O–H groups in total. The minimum atomic E-state index is -0.0603. The van der Waals surface area contributed by atoms with Gasteiger partial charge in [0.05, 0.1) is 11.6 Å². The second-order valence-electron chi connectivity index (χ2n) is 8.96. The first-order valence-electron chi connectivity index (χ1n) is 10.3. The van der Waals surface area contributed by atoms with Crippen LogP contribution < -0.4 is 10.2 Å². The van der Waals surface area contributed by atoms with Gasteiger partial charge in [0, 0.05) is 22.6 Å². The topological polar surface area (TPSA) is 50.7 Å². The predicted octanol–water partition coefficient (Wildman–Crippen LogP) is 5.86. The zero-order chi connectivity index (χ0) is 19.7. The Kier molecular flexibility index (Phi) is 5.89. The molecule has 5 rings (SSSR count). The number of halogens is 2. The fraction of sp³-hybridized carbons (Fsp3) is 0.636. The van der Waals surface area contributed by atoms with Crippen LogP contribution in [0.3, 0.4) is 0 Å². The van der Waals surface area contributed by atoms with Crippen molar-refractivity contribution in [1.82, 2.24) is 5.43 Å². The van der Waals surface area contributed by atoms with Gasteiger partial charge in [-0.3, -0.25) is 4.79 Å². The molecule has 0 radical (unpaired) electrons. The lowest BCUT2D eigenvalue weighted by Crippen LogP contribution is -2.49. The van der Waals surface area contributed by atoms with Crippen molar-refractivity contribution in [1.29, 1.82) is 0 Å². The van der Waals surface area contributed by atoms with Gasteiger partial charge in [0.1, 0.15) is 5.75 Å². The summed E-state index contributed by atoms with van der Waals surface area (Å²) in [6, 6.07) is 5.12. The van der Waals surface area contributed by atoms with Gasteiger partial charge in [0.2, 0.25) is 5.91 Å². The number of carbonyl (C=O) groups is 1. The first-order valence-corrected chi connectivity index (χ1v) is 11.1. The van der Waals surface area contributed by atoms with Crippen molar-refractivity contribution >= 4 is 34.8 Å². The van der Waals surface area contributed by atoms with Crippen LogP contribution in [0.5, 0.6) is 5.75 Å². The molecule has 0 atom stereocenters. The third-order valence-corrected chi connectivity index (χ3v) is 7.38. The standard InChI is InChI=1S/C22H28Cl2N2O2/c1-14(22-11-15-7-16(12-22)9-17(8-15)13-22)25-26-21(27)3-2-6-28-20-5-4-18(23)10-19(20)24/h4-5,10,15-17H,2-3,6-9,11-13H2,1H3,(H,26,27)/b25-14-. The van der Waals surface area contributed by atoms with Gasteiger partial charge in [-0.05, 0) is 87.8 Å². The molecule has 6 heteroatoms. The number of hydrazone groups is 1. The van der Waals surface area contributed by atoms with Crippen LogP contribution in [0.15, 0.2) is 23.3 Å². The minimum Gasteiger partial charge on any atom is -0.492 e. The normalized spacial score (nSPS) is 31.1. The Balaban J connectivity index is 1.23. The number of hydrogen-bond donors (Lipinski definition) is 1. The van der Waals surface area contributed by atoms with Gasteiger partial charge >= 0.3 is 0 Å². The highest BCUT2D eigenvalue weighted by atomic mass is 35.5. The van der Waals surface area contributed by atoms with Crippen LogP contribution in [0.25, 0.3) is 0 Å². The molecule has 4 fully saturated rings. The van der Waals surface area contributed by atoms with Gasteiger partial charge in [0.25, 0.3) is 0 Å². The summed E-state index contributed by atoms with van der Waals surface area (Å²) in [5.74, 6) is 3.16. The molecule has 1 aromatic rings. The molecule has 28 heavy (non-hydrogen) atoms. The molecule has 0 aliphatic heterocycles. The van der Waals surface area contributed by atoms with Crippen LogP contribution in [0, 0.1) is 23.2 Å². The van der Waals surface area contributed by atoms with E-state index in [1.807, 2.05) is 0 Å². The molecule has 4 nitrogen and oxygen atoms in total. The summed E-state index contributed by atoms with van der Waals surface area (Å²) in [5, 5.41) is 5.57. The fourth-order valence-electron chi connectivity index (χ4n) is 5.88. The first-order chi connectivity index (χ1) is 13.4. The molecular weight excluding hydrogens is 395 g/mol. The molecule has 152 valence electrons. The van der Waals surface area contributed by atoms with Crippen LogP contribution in [0.1, 0.15) is 58.3 Å².